The summed E-state index contributed by atoms with van der Waals surface area (Å²) in [7, 11) is 1.58. The molecule has 0 heterocycles. The van der Waals surface area contributed by atoms with Crippen LogP contribution < -0.4 is 16.4 Å². The highest BCUT2D eigenvalue weighted by Gasteiger charge is 2.40. The zero-order valence-electron chi connectivity index (χ0n) is 10.3. The molecule has 0 bridgehead atoms. The zero-order valence-corrected chi connectivity index (χ0v) is 10.3. The molecule has 5 heteroatoms. The van der Waals surface area contributed by atoms with Crippen LogP contribution in [0.15, 0.2) is 18.2 Å². The quantitative estimate of drug-likeness (QED) is 0.519. The van der Waals surface area contributed by atoms with Gasteiger partial charge in [-0.05, 0) is 36.1 Å². The molecule has 0 saturated heterocycles. The number of nitrogen functional groups attached to an aromatic ring is 1. The van der Waals surface area contributed by atoms with Gasteiger partial charge < -0.3 is 16.4 Å². The third-order valence-corrected chi connectivity index (χ3v) is 3.54. The van der Waals surface area contributed by atoms with Crippen LogP contribution >= 0.6 is 0 Å². The topological polar surface area (TPSA) is 84.2 Å². The van der Waals surface area contributed by atoms with Gasteiger partial charge in [-0.3, -0.25) is 9.59 Å². The lowest BCUT2D eigenvalue weighted by Gasteiger charge is -2.36. The van der Waals surface area contributed by atoms with E-state index >= 15 is 0 Å². The van der Waals surface area contributed by atoms with E-state index in [-0.39, 0.29) is 5.91 Å². The Morgan fingerprint density at radius 3 is 2.89 bits per heavy atom. The van der Waals surface area contributed by atoms with Gasteiger partial charge in [0.15, 0.2) is 0 Å². The Labute approximate surface area is 106 Å². The Hall–Kier alpha value is -2.04. The minimum absolute atomic E-state index is 0.155. The number of amides is 2. The van der Waals surface area contributed by atoms with Crippen LogP contribution in [-0.2, 0) is 22.4 Å². The lowest BCUT2D eigenvalue weighted by atomic mass is 9.77. The molecule has 0 aliphatic heterocycles. The number of likely N-dealkylation sites (N-methyl/N-ethyl adjacent to an activating group) is 1. The molecular formula is C13H17N3O2. The fourth-order valence-corrected chi connectivity index (χ4v) is 2.55. The van der Waals surface area contributed by atoms with E-state index in [1.54, 1.807) is 7.05 Å². The van der Waals surface area contributed by atoms with Crippen LogP contribution in [0.3, 0.4) is 0 Å². The molecule has 1 aromatic rings. The number of rotatable bonds is 3. The number of hydrogen-bond donors (Lipinski definition) is 3. The molecule has 1 aliphatic carbocycles. The highest BCUT2D eigenvalue weighted by Crippen LogP contribution is 2.30. The van der Waals surface area contributed by atoms with Crippen LogP contribution in [0.25, 0.3) is 0 Å². The molecule has 2 rings (SSSR count). The summed E-state index contributed by atoms with van der Waals surface area (Å²) < 4.78 is 0. The standard InChI is InChI=1S/C13H17N3O2/c1-15-12(18)13(16-8-17)5-4-9-6-11(14)3-2-10(9)7-13/h2-3,6,8H,4-5,7,14H2,1H3,(H,15,18)(H,16,17). The SMILES string of the molecule is CNC(=O)C1(NC=O)CCc2cc(N)ccc2C1. The van der Waals surface area contributed by atoms with Crippen LogP contribution in [0.2, 0.25) is 0 Å². The summed E-state index contributed by atoms with van der Waals surface area (Å²) >= 11 is 0. The van der Waals surface area contributed by atoms with Crippen molar-refractivity contribution in [2.45, 2.75) is 24.8 Å². The predicted octanol–water partition coefficient (Wildman–Crippen LogP) is -0.0117. The van der Waals surface area contributed by atoms with Gasteiger partial charge in [0.25, 0.3) is 0 Å². The Morgan fingerprint density at radius 2 is 2.22 bits per heavy atom. The van der Waals surface area contributed by atoms with Crippen molar-refractivity contribution in [2.24, 2.45) is 0 Å². The van der Waals surface area contributed by atoms with Crippen molar-refractivity contribution < 1.29 is 9.59 Å². The number of benzene rings is 1. The molecule has 1 aromatic carbocycles. The molecule has 1 atom stereocenters. The van der Waals surface area contributed by atoms with Gasteiger partial charge in [-0.2, -0.15) is 0 Å². The van der Waals surface area contributed by atoms with Crippen LogP contribution in [0.4, 0.5) is 5.69 Å². The van der Waals surface area contributed by atoms with Gasteiger partial charge in [-0.1, -0.05) is 6.07 Å². The predicted molar refractivity (Wildman–Crippen MR) is 68.9 cm³/mol. The summed E-state index contributed by atoms with van der Waals surface area (Å²) in [6, 6.07) is 5.68. The lowest BCUT2D eigenvalue weighted by molar-refractivity contribution is -0.130. The van der Waals surface area contributed by atoms with E-state index in [2.05, 4.69) is 10.6 Å². The first-order valence-corrected chi connectivity index (χ1v) is 5.92. The third-order valence-electron chi connectivity index (χ3n) is 3.54. The van der Waals surface area contributed by atoms with Gasteiger partial charge in [0.05, 0.1) is 0 Å². The van der Waals surface area contributed by atoms with Gasteiger partial charge in [0.1, 0.15) is 5.54 Å². The normalized spacial score (nSPS) is 21.8. The minimum atomic E-state index is -0.834. The maximum atomic E-state index is 12.0. The summed E-state index contributed by atoms with van der Waals surface area (Å²) in [5.41, 5.74) is 7.85. The Bertz CT molecular complexity index is 487. The van der Waals surface area contributed by atoms with E-state index in [0.717, 1.165) is 23.2 Å². The van der Waals surface area contributed by atoms with Gasteiger partial charge in [0.2, 0.25) is 12.3 Å². The monoisotopic (exact) mass is 247 g/mol. The number of aryl methyl sites for hydroxylation is 1. The first kappa shape index (κ1) is 12.4. The molecule has 96 valence electrons. The molecule has 1 aliphatic rings. The van der Waals surface area contributed by atoms with Crippen LogP contribution in [0, 0.1) is 0 Å². The van der Waals surface area contributed by atoms with E-state index in [9.17, 15) is 9.59 Å². The maximum absolute atomic E-state index is 12.0. The van der Waals surface area contributed by atoms with Crippen LogP contribution in [0.1, 0.15) is 17.5 Å². The highest BCUT2D eigenvalue weighted by molar-refractivity contribution is 5.88. The fraction of sp³-hybridized carbons (Fsp3) is 0.385. The Balaban J connectivity index is 2.35. The number of hydrogen-bond acceptors (Lipinski definition) is 3. The molecule has 2 amide bonds. The number of fused-ring (bicyclic) bond motifs is 1. The zero-order chi connectivity index (χ0) is 13.2. The van der Waals surface area contributed by atoms with E-state index in [1.165, 1.54) is 0 Å². The van der Waals surface area contributed by atoms with Crippen molar-refractivity contribution in [3.8, 4) is 0 Å². The fourth-order valence-electron chi connectivity index (χ4n) is 2.55. The van der Waals surface area contributed by atoms with Crippen molar-refractivity contribution in [3.63, 3.8) is 0 Å². The third kappa shape index (κ3) is 2.03. The molecular weight excluding hydrogens is 230 g/mol. The average molecular weight is 247 g/mol. The first-order chi connectivity index (χ1) is 8.61. The number of nitrogens with two attached hydrogens (primary N) is 1. The highest BCUT2D eigenvalue weighted by atomic mass is 16.2. The minimum Gasteiger partial charge on any atom is -0.399 e. The van der Waals surface area contributed by atoms with E-state index < -0.39 is 5.54 Å². The van der Waals surface area contributed by atoms with Crippen molar-refractivity contribution in [2.75, 3.05) is 12.8 Å². The summed E-state index contributed by atoms with van der Waals surface area (Å²) in [6.07, 6.45) is 2.41. The Morgan fingerprint density at radius 1 is 1.44 bits per heavy atom. The first-order valence-electron chi connectivity index (χ1n) is 5.92. The second-order valence-corrected chi connectivity index (χ2v) is 4.63. The number of nitrogens with one attached hydrogen (secondary N) is 2. The van der Waals surface area contributed by atoms with Gasteiger partial charge in [0, 0.05) is 19.2 Å². The molecule has 5 nitrogen and oxygen atoms in total. The summed E-state index contributed by atoms with van der Waals surface area (Å²) in [5, 5.41) is 5.30. The molecule has 0 fully saturated rings. The van der Waals surface area contributed by atoms with Crippen molar-refractivity contribution in [1.29, 1.82) is 0 Å². The van der Waals surface area contributed by atoms with Crippen LogP contribution in [0.5, 0.6) is 0 Å². The van der Waals surface area contributed by atoms with Gasteiger partial charge in [-0.15, -0.1) is 0 Å². The number of carbonyl (C=O) groups excluding carboxylic acids is 2. The molecule has 1 unspecified atom stereocenters. The van der Waals surface area contributed by atoms with Crippen LogP contribution in [-0.4, -0.2) is 24.9 Å². The van der Waals surface area contributed by atoms with Gasteiger partial charge >= 0.3 is 0 Å². The van der Waals surface area contributed by atoms with E-state index in [4.69, 9.17) is 5.73 Å². The summed E-state index contributed by atoms with van der Waals surface area (Å²) in [6.45, 7) is 0. The smallest absolute Gasteiger partial charge is 0.245 e. The molecule has 0 saturated carbocycles. The maximum Gasteiger partial charge on any atom is 0.245 e. The second-order valence-electron chi connectivity index (χ2n) is 4.63. The average Bonchev–Trinajstić information content (AvgIpc) is 2.38. The number of carbonyl (C=O) groups is 2. The largest absolute Gasteiger partial charge is 0.399 e. The molecule has 18 heavy (non-hydrogen) atoms. The summed E-state index contributed by atoms with van der Waals surface area (Å²) in [4.78, 5) is 22.8. The van der Waals surface area contributed by atoms with Gasteiger partial charge in [-0.25, -0.2) is 0 Å². The van der Waals surface area contributed by atoms with Crippen molar-refractivity contribution in [3.05, 3.63) is 29.3 Å². The molecule has 0 aromatic heterocycles. The lowest BCUT2D eigenvalue weighted by Crippen LogP contribution is -2.59. The Kier molecular flexibility index (Phi) is 3.23. The molecule has 0 radical (unpaired) electrons. The second kappa shape index (κ2) is 4.68. The number of anilines is 1. The van der Waals surface area contributed by atoms with Crippen molar-refractivity contribution in [1.82, 2.24) is 10.6 Å². The summed E-state index contributed by atoms with van der Waals surface area (Å²) in [5.74, 6) is -0.155. The molecule has 0 spiro atoms. The van der Waals surface area contributed by atoms with Crippen molar-refractivity contribution >= 4 is 18.0 Å². The van der Waals surface area contributed by atoms with E-state index in [1.807, 2.05) is 18.2 Å². The molecule has 4 N–H and O–H groups in total. The van der Waals surface area contributed by atoms with E-state index in [0.29, 0.717) is 19.3 Å².